The van der Waals surface area contributed by atoms with E-state index in [2.05, 4.69) is 19.9 Å². The molecule has 23 heavy (non-hydrogen) atoms. The maximum absolute atomic E-state index is 10.3. The Kier molecular flexibility index (Phi) is 3.95. The molecule has 0 aliphatic carbocycles. The third kappa shape index (κ3) is 3.00. The van der Waals surface area contributed by atoms with Crippen LogP contribution in [0, 0.1) is 0 Å². The van der Waals surface area contributed by atoms with Crippen LogP contribution in [0.3, 0.4) is 0 Å². The summed E-state index contributed by atoms with van der Waals surface area (Å²) in [5, 5.41) is 14.6. The highest BCUT2D eigenvalue weighted by Crippen LogP contribution is 2.29. The molecule has 0 bridgehead atoms. The molecule has 0 fully saturated rings. The predicted molar refractivity (Wildman–Crippen MR) is 93.1 cm³/mol. The molecule has 2 heterocycles. The van der Waals surface area contributed by atoms with Crippen molar-refractivity contribution in [1.29, 1.82) is 0 Å². The summed E-state index contributed by atoms with van der Waals surface area (Å²) in [7, 11) is 0. The van der Waals surface area contributed by atoms with Crippen molar-refractivity contribution in [3.63, 3.8) is 0 Å². The van der Waals surface area contributed by atoms with Gasteiger partial charge in [0.05, 0.1) is 29.7 Å². The molecule has 1 aromatic carbocycles. The molecule has 3 rings (SSSR count). The first-order valence-corrected chi connectivity index (χ1v) is 7.87. The van der Waals surface area contributed by atoms with E-state index in [0.29, 0.717) is 24.4 Å². The lowest BCUT2D eigenvalue weighted by Gasteiger charge is -2.20. The normalized spacial score (nSPS) is 12.3. The number of pyridine rings is 1. The van der Waals surface area contributed by atoms with Crippen LogP contribution >= 0.6 is 0 Å². The van der Waals surface area contributed by atoms with Crippen LogP contribution < -0.4 is 11.1 Å². The van der Waals surface area contributed by atoms with E-state index < -0.39 is 5.60 Å². The molecule has 0 amide bonds. The summed E-state index contributed by atoms with van der Waals surface area (Å²) in [6.45, 7) is 7.55. The first-order valence-electron chi connectivity index (χ1n) is 7.87. The Hall–Kier alpha value is -2.18. The van der Waals surface area contributed by atoms with Crippen molar-refractivity contribution in [3.8, 4) is 0 Å². The number of anilines is 1. The highest BCUT2D eigenvalue weighted by Gasteiger charge is 2.22. The monoisotopic (exact) mass is 313 g/mol. The van der Waals surface area contributed by atoms with E-state index in [4.69, 9.17) is 5.73 Å². The van der Waals surface area contributed by atoms with Gasteiger partial charge in [0.2, 0.25) is 0 Å². The summed E-state index contributed by atoms with van der Waals surface area (Å²) in [6, 6.07) is 7.88. The number of rotatable bonds is 5. The maximum Gasteiger partial charge on any atom is 0.152 e. The van der Waals surface area contributed by atoms with Crippen LogP contribution in [0.1, 0.15) is 26.6 Å². The standard InChI is InChI=1S/C17H23N5O/c1-4-19-9-13-21-14-15(22(13)10-17(2,3)23)11-7-5-6-8-12(11)20-16(14)18/h5-8,19,23H,4,9-10H2,1-3H3,(H2,18,20). The van der Waals surface area contributed by atoms with Gasteiger partial charge in [-0.15, -0.1) is 0 Å². The predicted octanol–water partition coefficient (Wildman–Crippen LogP) is 2.05. The number of nitrogens with one attached hydrogen (secondary N) is 1. The minimum Gasteiger partial charge on any atom is -0.389 e. The lowest BCUT2D eigenvalue weighted by molar-refractivity contribution is 0.0618. The van der Waals surface area contributed by atoms with Gasteiger partial charge in [-0.1, -0.05) is 25.1 Å². The molecule has 2 aromatic heterocycles. The maximum atomic E-state index is 10.3. The van der Waals surface area contributed by atoms with Crippen LogP contribution in [-0.2, 0) is 13.1 Å². The van der Waals surface area contributed by atoms with E-state index in [1.165, 1.54) is 0 Å². The molecule has 0 spiro atoms. The quantitative estimate of drug-likeness (QED) is 0.671. The third-order valence-electron chi connectivity index (χ3n) is 3.77. The largest absolute Gasteiger partial charge is 0.389 e. The zero-order valence-corrected chi connectivity index (χ0v) is 13.8. The van der Waals surface area contributed by atoms with Crippen LogP contribution in [0.5, 0.6) is 0 Å². The smallest absolute Gasteiger partial charge is 0.152 e. The van der Waals surface area contributed by atoms with Crippen molar-refractivity contribution in [2.45, 2.75) is 39.5 Å². The first kappa shape index (κ1) is 15.7. The van der Waals surface area contributed by atoms with Gasteiger partial charge in [-0.2, -0.15) is 0 Å². The zero-order valence-electron chi connectivity index (χ0n) is 13.8. The van der Waals surface area contributed by atoms with Crippen LogP contribution in [-0.4, -0.2) is 31.8 Å². The van der Waals surface area contributed by atoms with Crippen LogP contribution in [0.25, 0.3) is 21.9 Å². The zero-order chi connectivity index (χ0) is 16.6. The number of para-hydroxylation sites is 1. The van der Waals surface area contributed by atoms with E-state index in [1.54, 1.807) is 13.8 Å². The summed E-state index contributed by atoms with van der Waals surface area (Å²) in [5.74, 6) is 1.28. The molecule has 6 nitrogen and oxygen atoms in total. The lowest BCUT2D eigenvalue weighted by Crippen LogP contribution is -2.28. The SMILES string of the molecule is CCNCc1nc2c(N)nc3ccccc3c2n1CC(C)(C)O. The van der Waals surface area contributed by atoms with E-state index >= 15 is 0 Å². The molecular formula is C17H23N5O. The average molecular weight is 313 g/mol. The number of hydrogen-bond acceptors (Lipinski definition) is 5. The molecule has 0 saturated carbocycles. The third-order valence-corrected chi connectivity index (χ3v) is 3.77. The van der Waals surface area contributed by atoms with E-state index in [0.717, 1.165) is 28.8 Å². The van der Waals surface area contributed by atoms with Crippen molar-refractivity contribution >= 4 is 27.8 Å². The Morgan fingerprint density at radius 2 is 2.00 bits per heavy atom. The Balaban J connectivity index is 2.32. The van der Waals surface area contributed by atoms with Crippen LogP contribution in [0.2, 0.25) is 0 Å². The summed E-state index contributed by atoms with van der Waals surface area (Å²) in [4.78, 5) is 9.14. The molecule has 0 atom stereocenters. The van der Waals surface area contributed by atoms with Crippen LogP contribution in [0.4, 0.5) is 5.82 Å². The topological polar surface area (TPSA) is 89.0 Å². The van der Waals surface area contributed by atoms with Crippen LogP contribution in [0.15, 0.2) is 24.3 Å². The van der Waals surface area contributed by atoms with Crippen molar-refractivity contribution in [2.24, 2.45) is 0 Å². The van der Waals surface area contributed by atoms with E-state index in [9.17, 15) is 5.11 Å². The first-order chi connectivity index (χ1) is 10.9. The Bertz CT molecular complexity index is 847. The molecule has 4 N–H and O–H groups in total. The summed E-state index contributed by atoms with van der Waals surface area (Å²) in [5.41, 5.74) is 7.74. The Morgan fingerprint density at radius 1 is 1.26 bits per heavy atom. The van der Waals surface area contributed by atoms with Gasteiger partial charge in [-0.05, 0) is 26.5 Å². The van der Waals surface area contributed by atoms with Crippen molar-refractivity contribution in [3.05, 3.63) is 30.1 Å². The number of aromatic nitrogens is 3. The lowest BCUT2D eigenvalue weighted by atomic mass is 10.1. The molecule has 0 saturated heterocycles. The fourth-order valence-electron chi connectivity index (χ4n) is 2.83. The number of fused-ring (bicyclic) bond motifs is 3. The second-order valence-electron chi connectivity index (χ2n) is 6.42. The number of nitrogen functional groups attached to an aromatic ring is 1. The Morgan fingerprint density at radius 3 is 2.70 bits per heavy atom. The summed E-state index contributed by atoms with van der Waals surface area (Å²) in [6.07, 6.45) is 0. The van der Waals surface area contributed by atoms with Crippen molar-refractivity contribution < 1.29 is 5.11 Å². The molecule has 122 valence electrons. The van der Waals surface area contributed by atoms with Gasteiger partial charge in [0.25, 0.3) is 0 Å². The molecule has 0 aliphatic rings. The minimum absolute atomic E-state index is 0.422. The fraction of sp³-hybridized carbons (Fsp3) is 0.412. The second kappa shape index (κ2) is 5.79. The van der Waals surface area contributed by atoms with E-state index in [1.807, 2.05) is 31.2 Å². The van der Waals surface area contributed by atoms with Gasteiger partial charge in [0, 0.05) is 5.39 Å². The van der Waals surface area contributed by atoms with Gasteiger partial charge in [-0.3, -0.25) is 0 Å². The number of imidazole rings is 1. The van der Waals surface area contributed by atoms with Crippen molar-refractivity contribution in [2.75, 3.05) is 12.3 Å². The van der Waals surface area contributed by atoms with E-state index in [-0.39, 0.29) is 0 Å². The molecular weight excluding hydrogens is 290 g/mol. The highest BCUT2D eigenvalue weighted by molar-refractivity contribution is 6.06. The number of hydrogen-bond donors (Lipinski definition) is 3. The number of aliphatic hydroxyl groups is 1. The van der Waals surface area contributed by atoms with Crippen molar-refractivity contribution in [1.82, 2.24) is 19.9 Å². The number of nitrogens with zero attached hydrogens (tertiary/aromatic N) is 3. The van der Waals surface area contributed by atoms with Gasteiger partial charge >= 0.3 is 0 Å². The molecule has 0 unspecified atom stereocenters. The molecule has 0 radical (unpaired) electrons. The summed E-state index contributed by atoms with van der Waals surface area (Å²) >= 11 is 0. The highest BCUT2D eigenvalue weighted by atomic mass is 16.3. The molecule has 0 aliphatic heterocycles. The summed E-state index contributed by atoms with van der Waals surface area (Å²) < 4.78 is 2.05. The van der Waals surface area contributed by atoms with Gasteiger partial charge in [-0.25, -0.2) is 9.97 Å². The van der Waals surface area contributed by atoms with Gasteiger partial charge < -0.3 is 20.7 Å². The Labute approximate surface area is 135 Å². The number of benzene rings is 1. The minimum atomic E-state index is -0.853. The average Bonchev–Trinajstić information content (AvgIpc) is 2.83. The number of nitrogens with two attached hydrogens (primary N) is 1. The molecule has 6 heteroatoms. The second-order valence-corrected chi connectivity index (χ2v) is 6.42. The fourth-order valence-corrected chi connectivity index (χ4v) is 2.83. The van der Waals surface area contributed by atoms with Gasteiger partial charge in [0.1, 0.15) is 11.3 Å². The van der Waals surface area contributed by atoms with Gasteiger partial charge in [0.15, 0.2) is 5.82 Å². The molecule has 3 aromatic rings.